The first-order chi connectivity index (χ1) is 8.52. The highest BCUT2D eigenvalue weighted by Gasteiger charge is 2.29. The molecule has 7 nitrogen and oxygen atoms in total. The SMILES string of the molecule is NC(=O)N1CC(CC(=O)O)CC(NCCCO)C1. The topological polar surface area (TPSA) is 116 Å². The minimum atomic E-state index is -0.861. The number of hydrogen-bond acceptors (Lipinski definition) is 4. The molecule has 18 heavy (non-hydrogen) atoms. The van der Waals surface area contributed by atoms with Crippen molar-refractivity contribution < 1.29 is 19.8 Å². The second-order valence-corrected chi connectivity index (χ2v) is 4.67. The van der Waals surface area contributed by atoms with Crippen LogP contribution >= 0.6 is 0 Å². The van der Waals surface area contributed by atoms with Crippen molar-refractivity contribution in [3.63, 3.8) is 0 Å². The Morgan fingerprint density at radius 2 is 2.11 bits per heavy atom. The average Bonchev–Trinajstić information content (AvgIpc) is 2.28. The number of carbonyl (C=O) groups excluding carboxylic acids is 1. The highest BCUT2D eigenvalue weighted by molar-refractivity contribution is 5.72. The number of primary amides is 1. The lowest BCUT2D eigenvalue weighted by molar-refractivity contribution is -0.138. The van der Waals surface area contributed by atoms with E-state index >= 15 is 0 Å². The second kappa shape index (κ2) is 7.17. The first-order valence-corrected chi connectivity index (χ1v) is 6.13. The van der Waals surface area contributed by atoms with Crippen LogP contribution in [0.25, 0.3) is 0 Å². The van der Waals surface area contributed by atoms with E-state index in [1.807, 2.05) is 0 Å². The van der Waals surface area contributed by atoms with Crippen LogP contribution in [-0.2, 0) is 4.79 Å². The monoisotopic (exact) mass is 259 g/mol. The fourth-order valence-corrected chi connectivity index (χ4v) is 2.31. The molecule has 1 fully saturated rings. The summed E-state index contributed by atoms with van der Waals surface area (Å²) in [5.74, 6) is -0.934. The lowest BCUT2D eigenvalue weighted by Crippen LogP contribution is -2.53. The number of aliphatic hydroxyl groups is 1. The largest absolute Gasteiger partial charge is 0.481 e. The molecule has 0 aliphatic carbocycles. The molecular weight excluding hydrogens is 238 g/mol. The molecule has 1 saturated heterocycles. The number of carboxylic acid groups (broad SMARTS) is 1. The van der Waals surface area contributed by atoms with E-state index in [4.69, 9.17) is 15.9 Å². The first-order valence-electron chi connectivity index (χ1n) is 6.13. The smallest absolute Gasteiger partial charge is 0.314 e. The normalized spacial score (nSPS) is 23.9. The molecule has 104 valence electrons. The van der Waals surface area contributed by atoms with Gasteiger partial charge in [0.2, 0.25) is 0 Å². The lowest BCUT2D eigenvalue weighted by Gasteiger charge is -2.36. The number of carbonyl (C=O) groups is 2. The maximum absolute atomic E-state index is 11.2. The predicted octanol–water partition coefficient (Wildman–Crippen LogP) is -0.798. The van der Waals surface area contributed by atoms with E-state index in [1.54, 1.807) is 0 Å². The van der Waals surface area contributed by atoms with Crippen molar-refractivity contribution in [2.45, 2.75) is 25.3 Å². The summed E-state index contributed by atoms with van der Waals surface area (Å²) >= 11 is 0. The molecule has 0 radical (unpaired) electrons. The van der Waals surface area contributed by atoms with Crippen LogP contribution < -0.4 is 11.1 Å². The minimum absolute atomic E-state index is 0.0436. The number of likely N-dealkylation sites (tertiary alicyclic amines) is 1. The summed E-state index contributed by atoms with van der Waals surface area (Å²) in [7, 11) is 0. The summed E-state index contributed by atoms with van der Waals surface area (Å²) in [5, 5.41) is 20.7. The van der Waals surface area contributed by atoms with Crippen molar-refractivity contribution in [2.75, 3.05) is 26.2 Å². The Bertz CT molecular complexity index is 298. The highest BCUT2D eigenvalue weighted by atomic mass is 16.4. The van der Waals surface area contributed by atoms with Crippen molar-refractivity contribution in [1.29, 1.82) is 0 Å². The number of nitrogens with one attached hydrogen (secondary N) is 1. The van der Waals surface area contributed by atoms with Crippen LogP contribution in [0, 0.1) is 5.92 Å². The molecule has 0 saturated carbocycles. The number of nitrogens with two attached hydrogens (primary N) is 1. The van der Waals surface area contributed by atoms with Gasteiger partial charge in [-0.25, -0.2) is 4.79 Å². The molecule has 0 aromatic heterocycles. The number of nitrogens with zero attached hydrogens (tertiary/aromatic N) is 1. The van der Waals surface area contributed by atoms with Gasteiger partial charge in [-0.1, -0.05) is 0 Å². The summed E-state index contributed by atoms with van der Waals surface area (Å²) in [6.07, 6.45) is 1.39. The Morgan fingerprint density at radius 3 is 2.67 bits per heavy atom. The molecule has 0 aromatic rings. The molecule has 2 unspecified atom stereocenters. The number of amides is 2. The number of rotatable bonds is 6. The van der Waals surface area contributed by atoms with Crippen molar-refractivity contribution in [3.8, 4) is 0 Å². The fourth-order valence-electron chi connectivity index (χ4n) is 2.31. The summed E-state index contributed by atoms with van der Waals surface area (Å²) in [6.45, 7) is 1.65. The molecule has 1 aliphatic rings. The molecule has 0 bridgehead atoms. The standard InChI is InChI=1S/C11H21N3O4/c12-11(18)14-6-8(5-10(16)17)4-9(7-14)13-2-1-3-15/h8-9,13,15H,1-7H2,(H2,12,18)(H,16,17). The Labute approximate surface area is 106 Å². The number of piperidine rings is 1. The molecule has 2 atom stereocenters. The third kappa shape index (κ3) is 4.89. The first kappa shape index (κ1) is 14.7. The Balaban J connectivity index is 2.50. The number of aliphatic hydroxyl groups excluding tert-OH is 1. The summed E-state index contributed by atoms with van der Waals surface area (Å²) < 4.78 is 0. The second-order valence-electron chi connectivity index (χ2n) is 4.67. The van der Waals surface area contributed by atoms with Crippen LogP contribution in [0.5, 0.6) is 0 Å². The quantitative estimate of drug-likeness (QED) is 0.466. The van der Waals surface area contributed by atoms with Crippen molar-refractivity contribution in [1.82, 2.24) is 10.2 Å². The molecular formula is C11H21N3O4. The number of carboxylic acids is 1. The van der Waals surface area contributed by atoms with Crippen LogP contribution in [-0.4, -0.2) is 59.4 Å². The van der Waals surface area contributed by atoms with Gasteiger partial charge in [-0.3, -0.25) is 4.79 Å². The highest BCUT2D eigenvalue weighted by Crippen LogP contribution is 2.20. The van der Waals surface area contributed by atoms with Crippen LogP contribution in [0.1, 0.15) is 19.3 Å². The number of aliphatic carboxylic acids is 1. The van der Waals surface area contributed by atoms with Gasteiger partial charge in [-0.05, 0) is 25.3 Å². The maximum atomic E-state index is 11.2. The van der Waals surface area contributed by atoms with Crippen molar-refractivity contribution in [2.24, 2.45) is 11.7 Å². The summed E-state index contributed by atoms with van der Waals surface area (Å²) in [5.41, 5.74) is 5.25. The number of urea groups is 1. The van der Waals surface area contributed by atoms with Crippen molar-refractivity contribution >= 4 is 12.0 Å². The van der Waals surface area contributed by atoms with E-state index < -0.39 is 12.0 Å². The molecule has 2 amide bonds. The van der Waals surface area contributed by atoms with Crippen molar-refractivity contribution in [3.05, 3.63) is 0 Å². The van der Waals surface area contributed by atoms with Gasteiger partial charge in [0.1, 0.15) is 0 Å². The van der Waals surface area contributed by atoms with Gasteiger partial charge >= 0.3 is 12.0 Å². The van der Waals surface area contributed by atoms with E-state index in [9.17, 15) is 9.59 Å². The molecule has 1 rings (SSSR count). The average molecular weight is 259 g/mol. The minimum Gasteiger partial charge on any atom is -0.481 e. The van der Waals surface area contributed by atoms with E-state index in [0.29, 0.717) is 32.5 Å². The Hall–Kier alpha value is -1.34. The van der Waals surface area contributed by atoms with Crippen LogP contribution in [0.15, 0.2) is 0 Å². The van der Waals surface area contributed by atoms with Gasteiger partial charge in [-0.2, -0.15) is 0 Å². The van der Waals surface area contributed by atoms with Gasteiger partial charge in [-0.15, -0.1) is 0 Å². The molecule has 0 spiro atoms. The number of hydrogen-bond donors (Lipinski definition) is 4. The van der Waals surface area contributed by atoms with Gasteiger partial charge in [0.25, 0.3) is 0 Å². The summed E-state index contributed by atoms with van der Waals surface area (Å²) in [4.78, 5) is 23.4. The third-order valence-corrected chi connectivity index (χ3v) is 3.08. The van der Waals surface area contributed by atoms with Gasteiger partial charge in [0.15, 0.2) is 0 Å². The van der Waals surface area contributed by atoms with E-state index in [0.717, 1.165) is 0 Å². The van der Waals surface area contributed by atoms with E-state index in [1.165, 1.54) is 4.90 Å². The predicted molar refractivity (Wildman–Crippen MR) is 65.0 cm³/mol. The molecule has 7 heteroatoms. The lowest BCUT2D eigenvalue weighted by atomic mass is 9.91. The zero-order valence-corrected chi connectivity index (χ0v) is 10.3. The Kier molecular flexibility index (Phi) is 5.87. The fraction of sp³-hybridized carbons (Fsp3) is 0.818. The molecule has 1 aliphatic heterocycles. The molecule has 1 heterocycles. The van der Waals surface area contributed by atoms with Gasteiger partial charge in [0.05, 0.1) is 0 Å². The van der Waals surface area contributed by atoms with Crippen LogP contribution in [0.4, 0.5) is 4.79 Å². The maximum Gasteiger partial charge on any atom is 0.314 e. The van der Waals surface area contributed by atoms with E-state index in [-0.39, 0.29) is 25.0 Å². The van der Waals surface area contributed by atoms with E-state index in [2.05, 4.69) is 5.32 Å². The third-order valence-electron chi connectivity index (χ3n) is 3.08. The Morgan fingerprint density at radius 1 is 1.39 bits per heavy atom. The van der Waals surface area contributed by atoms with Crippen LogP contribution in [0.3, 0.4) is 0 Å². The van der Waals surface area contributed by atoms with Crippen LogP contribution in [0.2, 0.25) is 0 Å². The van der Waals surface area contributed by atoms with Gasteiger partial charge in [0, 0.05) is 32.2 Å². The van der Waals surface area contributed by atoms with Gasteiger partial charge < -0.3 is 26.2 Å². The zero-order valence-electron chi connectivity index (χ0n) is 10.3. The zero-order chi connectivity index (χ0) is 13.5. The molecule has 5 N–H and O–H groups in total. The molecule has 0 aromatic carbocycles. The summed E-state index contributed by atoms with van der Waals surface area (Å²) in [6, 6.07) is -0.471.